The Hall–Kier alpha value is -0.0400. The van der Waals surface area contributed by atoms with E-state index >= 15 is 0 Å². The Morgan fingerprint density at radius 2 is 2.00 bits per heavy atom. The zero-order valence-electron chi connectivity index (χ0n) is 7.81. The van der Waals surface area contributed by atoms with E-state index in [-0.39, 0.29) is 0 Å². The van der Waals surface area contributed by atoms with Gasteiger partial charge in [0.15, 0.2) is 0 Å². The zero-order valence-corrected chi connectivity index (χ0v) is 7.81. The highest BCUT2D eigenvalue weighted by molar-refractivity contribution is 4.74. The average Bonchev–Trinajstić information content (AvgIpc) is 2.06. The van der Waals surface area contributed by atoms with Crippen molar-refractivity contribution in [1.29, 1.82) is 0 Å². The molecule has 0 aromatic rings. The van der Waals surface area contributed by atoms with Crippen LogP contribution in [0.2, 0.25) is 0 Å². The summed E-state index contributed by atoms with van der Waals surface area (Å²) in [7, 11) is 1.86. The minimum Gasteiger partial charge on any atom is -0.381 e. The summed E-state index contributed by atoms with van der Waals surface area (Å²) < 4.78 is 5.46. The lowest BCUT2D eigenvalue weighted by Gasteiger charge is -2.30. The summed E-state index contributed by atoms with van der Waals surface area (Å²) in [6.07, 6.45) is 8.73. The Balaban J connectivity index is 2.31. The van der Waals surface area contributed by atoms with Gasteiger partial charge in [-0.3, -0.25) is 0 Å². The monoisotopic (exact) mass is 156 g/mol. The van der Waals surface area contributed by atoms with Gasteiger partial charge in [-0.15, -0.1) is 0 Å². The van der Waals surface area contributed by atoms with Crippen molar-refractivity contribution >= 4 is 0 Å². The van der Waals surface area contributed by atoms with Gasteiger partial charge in [-0.05, 0) is 25.2 Å². The van der Waals surface area contributed by atoms with Gasteiger partial charge in [-0.2, -0.15) is 0 Å². The lowest BCUT2D eigenvalue weighted by molar-refractivity contribution is 0.0201. The third-order valence-corrected chi connectivity index (χ3v) is 2.80. The molecule has 1 rings (SSSR count). The minimum atomic E-state index is 0.573. The predicted octanol–water partition coefficient (Wildman–Crippen LogP) is 2.99. The first-order valence-electron chi connectivity index (χ1n) is 4.91. The normalized spacial score (nSPS) is 32.2. The van der Waals surface area contributed by atoms with Gasteiger partial charge in [-0.25, -0.2) is 0 Å². The molecule has 11 heavy (non-hydrogen) atoms. The van der Waals surface area contributed by atoms with Gasteiger partial charge >= 0.3 is 0 Å². The van der Waals surface area contributed by atoms with E-state index in [1.807, 2.05) is 7.11 Å². The van der Waals surface area contributed by atoms with Crippen LogP contribution in [0.25, 0.3) is 0 Å². The van der Waals surface area contributed by atoms with Crippen LogP contribution in [0, 0.1) is 5.92 Å². The molecule has 1 aliphatic carbocycles. The molecule has 0 radical (unpaired) electrons. The van der Waals surface area contributed by atoms with Crippen LogP contribution < -0.4 is 0 Å². The van der Waals surface area contributed by atoms with E-state index in [1.54, 1.807) is 0 Å². The Morgan fingerprint density at radius 1 is 1.27 bits per heavy atom. The second-order valence-corrected chi connectivity index (χ2v) is 3.61. The van der Waals surface area contributed by atoms with Crippen LogP contribution in [0.3, 0.4) is 0 Å². The van der Waals surface area contributed by atoms with Gasteiger partial charge in [0.2, 0.25) is 0 Å². The third kappa shape index (κ3) is 2.48. The maximum absolute atomic E-state index is 5.46. The molecule has 0 aromatic carbocycles. The van der Waals surface area contributed by atoms with E-state index in [9.17, 15) is 0 Å². The quantitative estimate of drug-likeness (QED) is 0.610. The van der Waals surface area contributed by atoms with Crippen LogP contribution in [-0.2, 0) is 4.74 Å². The van der Waals surface area contributed by atoms with Crippen molar-refractivity contribution in [3.05, 3.63) is 0 Å². The lowest BCUT2D eigenvalue weighted by Crippen LogP contribution is -2.26. The Morgan fingerprint density at radius 3 is 2.64 bits per heavy atom. The summed E-state index contributed by atoms with van der Waals surface area (Å²) in [6.45, 7) is 2.27. The summed E-state index contributed by atoms with van der Waals surface area (Å²) >= 11 is 0. The first kappa shape index (κ1) is 9.05. The molecule has 0 bridgehead atoms. The van der Waals surface area contributed by atoms with Crippen LogP contribution in [0.1, 0.15) is 45.4 Å². The smallest absolute Gasteiger partial charge is 0.0599 e. The predicted molar refractivity (Wildman–Crippen MR) is 47.7 cm³/mol. The van der Waals surface area contributed by atoms with Gasteiger partial charge < -0.3 is 4.74 Å². The number of methoxy groups -OCH3 is 1. The van der Waals surface area contributed by atoms with Crippen LogP contribution in [0.5, 0.6) is 0 Å². The van der Waals surface area contributed by atoms with Crippen molar-refractivity contribution < 1.29 is 4.74 Å². The molecule has 2 atom stereocenters. The number of ether oxygens (including phenoxy) is 1. The average molecular weight is 156 g/mol. The van der Waals surface area contributed by atoms with Gasteiger partial charge in [0.25, 0.3) is 0 Å². The van der Waals surface area contributed by atoms with Crippen molar-refractivity contribution in [1.82, 2.24) is 0 Å². The molecule has 0 aliphatic heterocycles. The van der Waals surface area contributed by atoms with Crippen molar-refractivity contribution in [2.24, 2.45) is 5.92 Å². The summed E-state index contributed by atoms with van der Waals surface area (Å²) in [5, 5.41) is 0. The molecule has 0 amide bonds. The van der Waals surface area contributed by atoms with Crippen LogP contribution >= 0.6 is 0 Å². The molecule has 0 saturated heterocycles. The highest BCUT2D eigenvalue weighted by atomic mass is 16.5. The molecule has 0 N–H and O–H groups in total. The third-order valence-electron chi connectivity index (χ3n) is 2.80. The largest absolute Gasteiger partial charge is 0.381 e. The summed E-state index contributed by atoms with van der Waals surface area (Å²) in [6, 6.07) is 0. The van der Waals surface area contributed by atoms with Crippen molar-refractivity contribution in [3.63, 3.8) is 0 Å². The Labute approximate surface area is 70.1 Å². The molecule has 2 unspecified atom stereocenters. The molecular weight excluding hydrogens is 136 g/mol. The summed E-state index contributed by atoms with van der Waals surface area (Å²) in [5.74, 6) is 0.860. The molecule has 1 aliphatic rings. The molecule has 0 aromatic heterocycles. The molecule has 0 heterocycles. The zero-order chi connectivity index (χ0) is 8.10. The number of hydrogen-bond acceptors (Lipinski definition) is 1. The van der Waals surface area contributed by atoms with Crippen molar-refractivity contribution in [2.45, 2.75) is 51.6 Å². The molecule has 1 heteroatoms. The Bertz CT molecular complexity index is 99.0. The number of rotatable bonds is 3. The molecule has 0 spiro atoms. The molecule has 1 nitrogen and oxygen atoms in total. The first-order valence-corrected chi connectivity index (χ1v) is 4.91. The van der Waals surface area contributed by atoms with Gasteiger partial charge in [-0.1, -0.05) is 26.2 Å². The SMILES string of the molecule is CCCC1CCCCC1OC. The van der Waals surface area contributed by atoms with E-state index < -0.39 is 0 Å². The molecule has 66 valence electrons. The second kappa shape index (κ2) is 4.76. The lowest BCUT2D eigenvalue weighted by atomic mass is 9.84. The summed E-state index contributed by atoms with van der Waals surface area (Å²) in [5.41, 5.74) is 0. The highest BCUT2D eigenvalue weighted by Crippen LogP contribution is 2.29. The van der Waals surface area contributed by atoms with Crippen molar-refractivity contribution in [2.75, 3.05) is 7.11 Å². The van der Waals surface area contributed by atoms with Gasteiger partial charge in [0.05, 0.1) is 6.10 Å². The second-order valence-electron chi connectivity index (χ2n) is 3.61. The highest BCUT2D eigenvalue weighted by Gasteiger charge is 2.23. The maximum atomic E-state index is 5.46. The molecule has 1 fully saturated rings. The van der Waals surface area contributed by atoms with Crippen LogP contribution in [0.4, 0.5) is 0 Å². The van der Waals surface area contributed by atoms with E-state index in [1.165, 1.54) is 38.5 Å². The van der Waals surface area contributed by atoms with Crippen molar-refractivity contribution in [3.8, 4) is 0 Å². The minimum absolute atomic E-state index is 0.573. The topological polar surface area (TPSA) is 9.23 Å². The first-order chi connectivity index (χ1) is 5.38. The van der Waals surface area contributed by atoms with E-state index in [0.29, 0.717) is 6.10 Å². The fourth-order valence-corrected chi connectivity index (χ4v) is 2.18. The standard InChI is InChI=1S/C10H20O/c1-3-6-9-7-4-5-8-10(9)11-2/h9-10H,3-8H2,1-2H3. The van der Waals surface area contributed by atoms with E-state index in [2.05, 4.69) is 6.92 Å². The fourth-order valence-electron chi connectivity index (χ4n) is 2.18. The number of hydrogen-bond donors (Lipinski definition) is 0. The summed E-state index contributed by atoms with van der Waals surface area (Å²) in [4.78, 5) is 0. The fraction of sp³-hybridized carbons (Fsp3) is 1.00. The van der Waals surface area contributed by atoms with E-state index in [0.717, 1.165) is 5.92 Å². The molecular formula is C10H20O. The van der Waals surface area contributed by atoms with Crippen LogP contribution in [-0.4, -0.2) is 13.2 Å². The van der Waals surface area contributed by atoms with Gasteiger partial charge in [0.1, 0.15) is 0 Å². The van der Waals surface area contributed by atoms with Crippen LogP contribution in [0.15, 0.2) is 0 Å². The van der Waals surface area contributed by atoms with E-state index in [4.69, 9.17) is 4.74 Å². The molecule has 1 saturated carbocycles. The Kier molecular flexibility index (Phi) is 3.92. The van der Waals surface area contributed by atoms with Gasteiger partial charge in [0, 0.05) is 7.11 Å². The maximum Gasteiger partial charge on any atom is 0.0599 e.